The fraction of sp³-hybridized carbons (Fsp3) is 0.316. The van der Waals surface area contributed by atoms with E-state index in [9.17, 15) is 18.0 Å². The Morgan fingerprint density at radius 1 is 1.18 bits per heavy atom. The highest BCUT2D eigenvalue weighted by molar-refractivity contribution is 7.92. The summed E-state index contributed by atoms with van der Waals surface area (Å²) >= 11 is 5.79. The molecule has 0 atom stereocenters. The van der Waals surface area contributed by atoms with E-state index in [1.54, 1.807) is 31.5 Å². The zero-order chi connectivity index (χ0) is 20.6. The van der Waals surface area contributed by atoms with Crippen molar-refractivity contribution >= 4 is 33.3 Å². The first-order chi connectivity index (χ1) is 13.3. The molecule has 0 radical (unpaired) electrons. The van der Waals surface area contributed by atoms with E-state index in [1.165, 1.54) is 29.2 Å². The summed E-state index contributed by atoms with van der Waals surface area (Å²) in [6.07, 6.45) is 3.15. The van der Waals surface area contributed by atoms with Gasteiger partial charge >= 0.3 is 5.97 Å². The number of sulfone groups is 1. The van der Waals surface area contributed by atoms with Gasteiger partial charge in [0, 0.05) is 30.5 Å². The Hall–Kier alpha value is -2.45. The van der Waals surface area contributed by atoms with Crippen LogP contribution in [0.2, 0.25) is 5.02 Å². The van der Waals surface area contributed by atoms with Crippen LogP contribution in [-0.2, 0) is 30.7 Å². The average molecular weight is 425 g/mol. The van der Waals surface area contributed by atoms with Crippen LogP contribution in [0.5, 0.6) is 0 Å². The number of carbonyl (C=O) groups is 2. The molecule has 7 nitrogen and oxygen atoms in total. The zero-order valence-electron chi connectivity index (χ0n) is 15.4. The van der Waals surface area contributed by atoms with Crippen molar-refractivity contribution in [2.45, 2.75) is 24.8 Å². The number of nitrogens with zero attached hydrogens (tertiary/aromatic N) is 2. The monoisotopic (exact) mass is 424 g/mol. The van der Waals surface area contributed by atoms with Crippen LogP contribution in [0.1, 0.15) is 18.9 Å². The van der Waals surface area contributed by atoms with E-state index in [4.69, 9.17) is 16.3 Å². The lowest BCUT2D eigenvalue weighted by atomic mass is 10.2. The lowest BCUT2D eigenvalue weighted by Crippen LogP contribution is -2.37. The summed E-state index contributed by atoms with van der Waals surface area (Å²) in [6, 6.07) is 9.10. The number of ether oxygens (including phenoxy) is 1. The summed E-state index contributed by atoms with van der Waals surface area (Å²) < 4.78 is 30.0. The van der Waals surface area contributed by atoms with Crippen molar-refractivity contribution in [3.05, 3.63) is 59.4 Å². The second kappa shape index (κ2) is 10.2. The lowest BCUT2D eigenvalue weighted by molar-refractivity contribution is -0.144. The Morgan fingerprint density at radius 3 is 2.50 bits per heavy atom. The van der Waals surface area contributed by atoms with Crippen LogP contribution in [-0.4, -0.2) is 49.1 Å². The van der Waals surface area contributed by atoms with E-state index in [0.717, 1.165) is 5.56 Å². The highest BCUT2D eigenvalue weighted by atomic mass is 35.5. The smallest absolute Gasteiger partial charge is 0.307 e. The molecule has 150 valence electrons. The molecule has 0 N–H and O–H groups in total. The zero-order valence-corrected chi connectivity index (χ0v) is 16.9. The molecule has 1 aromatic carbocycles. The van der Waals surface area contributed by atoms with Gasteiger partial charge in [-0.15, -0.1) is 0 Å². The summed E-state index contributed by atoms with van der Waals surface area (Å²) in [6.45, 7) is 2.11. The molecule has 0 unspecified atom stereocenters. The highest BCUT2D eigenvalue weighted by Crippen LogP contribution is 2.16. The Labute approximate surface area is 169 Å². The van der Waals surface area contributed by atoms with Gasteiger partial charge in [0.2, 0.25) is 5.91 Å². The summed E-state index contributed by atoms with van der Waals surface area (Å²) in [5.74, 6) is -1.77. The van der Waals surface area contributed by atoms with E-state index in [-0.39, 0.29) is 31.0 Å². The van der Waals surface area contributed by atoms with Crippen LogP contribution < -0.4 is 0 Å². The van der Waals surface area contributed by atoms with Gasteiger partial charge in [0.25, 0.3) is 0 Å². The molecule has 0 aliphatic rings. The van der Waals surface area contributed by atoms with Crippen molar-refractivity contribution in [1.82, 2.24) is 9.88 Å². The number of pyridine rings is 1. The Bertz CT molecular complexity index is 902. The minimum atomic E-state index is -3.84. The maximum atomic E-state index is 12.7. The van der Waals surface area contributed by atoms with Gasteiger partial charge in [0.1, 0.15) is 5.75 Å². The maximum absolute atomic E-state index is 12.7. The minimum absolute atomic E-state index is 0.0111. The third-order valence-corrected chi connectivity index (χ3v) is 5.70. The van der Waals surface area contributed by atoms with Gasteiger partial charge in [-0.1, -0.05) is 17.7 Å². The van der Waals surface area contributed by atoms with Gasteiger partial charge in [-0.2, -0.15) is 0 Å². The van der Waals surface area contributed by atoms with Crippen molar-refractivity contribution < 1.29 is 22.7 Å². The molecule has 1 amide bonds. The number of benzene rings is 1. The largest absolute Gasteiger partial charge is 0.466 e. The van der Waals surface area contributed by atoms with E-state index in [2.05, 4.69) is 4.98 Å². The number of halogens is 1. The standard InChI is InChI=1S/C19H21ClN2O5S/c1-2-27-19(24)9-11-22(13-15-4-3-10-21-12-15)18(23)14-28(25,26)17-7-5-16(20)6-8-17/h3-8,10,12H,2,9,11,13-14H2,1H3. The molecule has 1 heterocycles. The normalized spacial score (nSPS) is 11.1. The molecular formula is C19H21ClN2O5S. The number of hydrogen-bond acceptors (Lipinski definition) is 6. The van der Waals surface area contributed by atoms with Crippen LogP contribution in [0.25, 0.3) is 0 Å². The number of aromatic nitrogens is 1. The van der Waals surface area contributed by atoms with E-state index < -0.39 is 27.5 Å². The highest BCUT2D eigenvalue weighted by Gasteiger charge is 2.24. The topological polar surface area (TPSA) is 93.6 Å². The quantitative estimate of drug-likeness (QED) is 0.574. The van der Waals surface area contributed by atoms with Gasteiger partial charge in [0.15, 0.2) is 9.84 Å². The summed E-state index contributed by atoms with van der Waals surface area (Å²) in [7, 11) is -3.84. The molecule has 0 saturated heterocycles. The molecule has 1 aromatic heterocycles. The molecule has 0 fully saturated rings. The van der Waals surface area contributed by atoms with Crippen molar-refractivity contribution in [3.63, 3.8) is 0 Å². The van der Waals surface area contributed by atoms with Gasteiger partial charge < -0.3 is 9.64 Å². The van der Waals surface area contributed by atoms with Crippen LogP contribution in [0.3, 0.4) is 0 Å². The van der Waals surface area contributed by atoms with Gasteiger partial charge in [-0.3, -0.25) is 14.6 Å². The van der Waals surface area contributed by atoms with E-state index in [1.807, 2.05) is 0 Å². The Balaban J connectivity index is 2.14. The molecule has 0 aliphatic carbocycles. The summed E-state index contributed by atoms with van der Waals surface area (Å²) in [5.41, 5.74) is 0.726. The van der Waals surface area contributed by atoms with Crippen LogP contribution in [0.4, 0.5) is 0 Å². The molecule has 0 bridgehead atoms. The molecular weight excluding hydrogens is 404 g/mol. The number of amides is 1. The number of esters is 1. The number of hydrogen-bond donors (Lipinski definition) is 0. The first-order valence-corrected chi connectivity index (χ1v) is 10.7. The molecule has 2 aromatic rings. The molecule has 2 rings (SSSR count). The van der Waals surface area contributed by atoms with Crippen LogP contribution >= 0.6 is 11.6 Å². The number of rotatable bonds is 9. The molecule has 0 saturated carbocycles. The van der Waals surface area contributed by atoms with Crippen molar-refractivity contribution in [1.29, 1.82) is 0 Å². The summed E-state index contributed by atoms with van der Waals surface area (Å²) in [5, 5.41) is 0.401. The molecule has 0 spiro atoms. The Morgan fingerprint density at radius 2 is 1.89 bits per heavy atom. The second-order valence-electron chi connectivity index (χ2n) is 5.94. The molecule has 0 aliphatic heterocycles. The molecule has 28 heavy (non-hydrogen) atoms. The van der Waals surface area contributed by atoms with E-state index in [0.29, 0.717) is 5.02 Å². The average Bonchev–Trinajstić information content (AvgIpc) is 2.66. The maximum Gasteiger partial charge on any atom is 0.307 e. The van der Waals surface area contributed by atoms with Gasteiger partial charge in [-0.05, 0) is 42.8 Å². The van der Waals surface area contributed by atoms with E-state index >= 15 is 0 Å². The van der Waals surface area contributed by atoms with Crippen molar-refractivity contribution in [2.75, 3.05) is 18.9 Å². The third kappa shape index (κ3) is 6.61. The first-order valence-electron chi connectivity index (χ1n) is 8.62. The minimum Gasteiger partial charge on any atom is -0.466 e. The van der Waals surface area contributed by atoms with Gasteiger partial charge in [0.05, 0.1) is 17.9 Å². The number of carbonyl (C=O) groups excluding carboxylic acids is 2. The van der Waals surface area contributed by atoms with Gasteiger partial charge in [-0.25, -0.2) is 8.42 Å². The van der Waals surface area contributed by atoms with Crippen molar-refractivity contribution in [3.8, 4) is 0 Å². The second-order valence-corrected chi connectivity index (χ2v) is 8.37. The van der Waals surface area contributed by atoms with Crippen molar-refractivity contribution in [2.24, 2.45) is 0 Å². The fourth-order valence-corrected chi connectivity index (χ4v) is 3.79. The van der Waals surface area contributed by atoms with Crippen LogP contribution in [0.15, 0.2) is 53.7 Å². The molecule has 9 heteroatoms. The Kier molecular flexibility index (Phi) is 7.95. The van der Waals surface area contributed by atoms with Crippen LogP contribution in [0, 0.1) is 0 Å². The summed E-state index contributed by atoms with van der Waals surface area (Å²) in [4.78, 5) is 29.7. The third-order valence-electron chi connectivity index (χ3n) is 3.83. The SMILES string of the molecule is CCOC(=O)CCN(Cc1cccnc1)C(=O)CS(=O)(=O)c1ccc(Cl)cc1. The predicted molar refractivity (Wildman–Crippen MR) is 104 cm³/mol. The lowest BCUT2D eigenvalue weighted by Gasteiger charge is -2.22. The predicted octanol–water partition coefficient (Wildman–Crippen LogP) is 2.49. The fourth-order valence-electron chi connectivity index (χ4n) is 2.44. The first kappa shape index (κ1) is 21.8.